The highest BCUT2D eigenvalue weighted by Gasteiger charge is 2.57. The average Bonchev–Trinajstić information content (AvgIpc) is 3.23. The molecule has 4 nitrogen and oxygen atoms in total. The van der Waals surface area contributed by atoms with Crippen molar-refractivity contribution in [3.8, 4) is 34.5 Å². The van der Waals surface area contributed by atoms with E-state index < -0.39 is 0 Å². The summed E-state index contributed by atoms with van der Waals surface area (Å²) >= 11 is 0. The van der Waals surface area contributed by atoms with Crippen LogP contribution in [-0.4, -0.2) is 20.1 Å². The molecule has 0 unspecified atom stereocenters. The van der Waals surface area contributed by atoms with Crippen LogP contribution >= 0.6 is 0 Å². The summed E-state index contributed by atoms with van der Waals surface area (Å²) in [6, 6.07) is 28.6. The van der Waals surface area contributed by atoms with Crippen LogP contribution in [0.25, 0.3) is 0 Å². The fourth-order valence-electron chi connectivity index (χ4n) is 11.8. The molecule has 302 valence electrons. The first-order chi connectivity index (χ1) is 29.2. The van der Waals surface area contributed by atoms with E-state index in [1.807, 2.05) is 0 Å². The van der Waals surface area contributed by atoms with Gasteiger partial charge in [0.25, 0.3) is 20.1 Å². The summed E-state index contributed by atoms with van der Waals surface area (Å²) in [6.07, 6.45) is 0. The minimum Gasteiger partial charge on any atom is -0.458 e. The minimum atomic E-state index is -0.0122. The van der Waals surface area contributed by atoms with Crippen molar-refractivity contribution < 1.29 is 14.2 Å². The Kier molecular flexibility index (Phi) is 7.77. The van der Waals surface area contributed by atoms with Gasteiger partial charge >= 0.3 is 0 Å². The molecule has 0 N–H and O–H groups in total. The van der Waals surface area contributed by atoms with Gasteiger partial charge in [-0.15, -0.1) is 0 Å². The average molecular weight is 797 g/mol. The summed E-state index contributed by atoms with van der Waals surface area (Å²) in [5.41, 5.74) is 23.5. The predicted molar refractivity (Wildman–Crippen MR) is 259 cm³/mol. The van der Waals surface area contributed by atoms with E-state index in [-0.39, 0.29) is 37.9 Å². The van der Waals surface area contributed by atoms with E-state index in [1.165, 1.54) is 99.6 Å². The first-order valence-corrected chi connectivity index (χ1v) is 23.1. The van der Waals surface area contributed by atoms with Crippen molar-refractivity contribution in [3.05, 3.63) is 106 Å². The third-order valence-electron chi connectivity index (χ3n) is 15.0. The molecule has 12 rings (SSSR count). The molecule has 0 saturated carbocycles. The molecular weight excluding hydrogens is 743 g/mol. The monoisotopic (exact) mass is 797 g/mol. The van der Waals surface area contributed by atoms with Crippen LogP contribution in [0.3, 0.4) is 0 Å². The third-order valence-corrected chi connectivity index (χ3v) is 15.0. The van der Waals surface area contributed by atoms with Gasteiger partial charge in [0.15, 0.2) is 0 Å². The van der Waals surface area contributed by atoms with Crippen molar-refractivity contribution in [1.29, 1.82) is 0 Å². The fourth-order valence-corrected chi connectivity index (χ4v) is 11.8. The maximum Gasteiger partial charge on any atom is 0.256 e. The quantitative estimate of drug-likeness (QED) is 0.158. The first-order valence-electron chi connectivity index (χ1n) is 23.1. The molecule has 0 radical (unpaired) electrons. The van der Waals surface area contributed by atoms with E-state index in [9.17, 15) is 0 Å². The van der Waals surface area contributed by atoms with Crippen LogP contribution in [0.5, 0.6) is 34.5 Å². The summed E-state index contributed by atoms with van der Waals surface area (Å²) in [6.45, 7) is 27.8. The number of nitrogens with zero attached hydrogens (tertiary/aromatic N) is 1. The molecule has 61 heavy (non-hydrogen) atoms. The molecule has 7 heteroatoms. The van der Waals surface area contributed by atoms with Gasteiger partial charge < -0.3 is 19.1 Å². The standard InChI is InChI=1S/C54H54B3NO3/c1-25(2)31-13-16-43-37(19-31)55-40-22-34(28(7)8)53-47-49(40)58-50-41(23-35(29(9)10)52(59-43)46(50)55)56-38-20-32(26(3)4)14-17-44(38)61-54-36(30(11)12)24-42(51(58)48(54)56)57(47)39-21-33(27(5)6)15-18-45(39)60-53/h13-30H,1-12H3. The van der Waals surface area contributed by atoms with Gasteiger partial charge in [-0.1, -0.05) is 138 Å². The van der Waals surface area contributed by atoms with Gasteiger partial charge in [0.2, 0.25) is 0 Å². The fraction of sp³-hybridized carbons (Fsp3) is 0.333. The number of hydrogen-bond donors (Lipinski definition) is 0. The number of ether oxygens (including phenoxy) is 3. The highest BCUT2D eigenvalue weighted by atomic mass is 16.5. The Morgan fingerprint density at radius 2 is 0.623 bits per heavy atom. The molecule has 6 aliphatic heterocycles. The van der Waals surface area contributed by atoms with Crippen molar-refractivity contribution in [2.45, 2.75) is 119 Å². The van der Waals surface area contributed by atoms with Gasteiger partial charge in [0.1, 0.15) is 34.5 Å². The van der Waals surface area contributed by atoms with E-state index in [4.69, 9.17) is 14.2 Å². The lowest BCUT2D eigenvalue weighted by atomic mass is 9.25. The van der Waals surface area contributed by atoms with E-state index in [0.717, 1.165) is 34.5 Å². The number of anilines is 3. The van der Waals surface area contributed by atoms with Crippen molar-refractivity contribution >= 4 is 86.4 Å². The van der Waals surface area contributed by atoms with Crippen LogP contribution in [0, 0.1) is 0 Å². The Morgan fingerprint density at radius 1 is 0.344 bits per heavy atom. The largest absolute Gasteiger partial charge is 0.458 e. The molecule has 0 fully saturated rings. The highest BCUT2D eigenvalue weighted by molar-refractivity contribution is 7.07. The third kappa shape index (κ3) is 4.81. The Balaban J connectivity index is 1.30. The van der Waals surface area contributed by atoms with Crippen LogP contribution in [-0.2, 0) is 0 Å². The Morgan fingerprint density at radius 3 is 0.869 bits per heavy atom. The molecule has 0 saturated heterocycles. The summed E-state index contributed by atoms with van der Waals surface area (Å²) in [4.78, 5) is 2.69. The Labute approximate surface area is 363 Å². The zero-order valence-corrected chi connectivity index (χ0v) is 37.8. The van der Waals surface area contributed by atoms with Crippen LogP contribution in [0.15, 0.2) is 72.8 Å². The Bertz CT molecular complexity index is 2640. The Hall–Kier alpha value is -5.29. The van der Waals surface area contributed by atoms with Crippen LogP contribution < -0.4 is 68.3 Å². The molecule has 0 aromatic heterocycles. The van der Waals surface area contributed by atoms with Crippen LogP contribution in [0.2, 0.25) is 0 Å². The van der Waals surface area contributed by atoms with Gasteiger partial charge in [0.05, 0.1) is 0 Å². The molecule has 0 atom stereocenters. The lowest BCUT2D eigenvalue weighted by Gasteiger charge is -2.53. The smallest absolute Gasteiger partial charge is 0.256 e. The van der Waals surface area contributed by atoms with Gasteiger partial charge in [0, 0.05) is 17.1 Å². The van der Waals surface area contributed by atoms with Crippen molar-refractivity contribution in [3.63, 3.8) is 0 Å². The van der Waals surface area contributed by atoms with E-state index in [1.54, 1.807) is 0 Å². The molecule has 0 amide bonds. The second-order valence-electron chi connectivity index (χ2n) is 20.7. The van der Waals surface area contributed by atoms with Crippen molar-refractivity contribution in [1.82, 2.24) is 0 Å². The summed E-state index contributed by atoms with van der Waals surface area (Å²) in [5.74, 6) is 7.93. The first kappa shape index (κ1) is 37.5. The minimum absolute atomic E-state index is 0.0122. The second kappa shape index (κ2) is 12.6. The van der Waals surface area contributed by atoms with E-state index >= 15 is 0 Å². The van der Waals surface area contributed by atoms with E-state index in [0.29, 0.717) is 17.8 Å². The summed E-state index contributed by atoms with van der Waals surface area (Å²) < 4.78 is 21.9. The van der Waals surface area contributed by atoms with Gasteiger partial charge in [-0.2, -0.15) is 0 Å². The zero-order valence-electron chi connectivity index (χ0n) is 37.8. The lowest BCUT2D eigenvalue weighted by molar-refractivity contribution is 0.476. The maximum atomic E-state index is 7.31. The molecule has 6 aromatic carbocycles. The zero-order chi connectivity index (χ0) is 42.2. The van der Waals surface area contributed by atoms with Crippen molar-refractivity contribution in [2.75, 3.05) is 4.90 Å². The number of hydrogen-bond acceptors (Lipinski definition) is 4. The number of benzene rings is 6. The summed E-state index contributed by atoms with van der Waals surface area (Å²) in [5, 5.41) is 0. The summed E-state index contributed by atoms with van der Waals surface area (Å²) in [7, 11) is 0. The SMILES string of the molecule is CC(C)c1ccc2c(c1)B1c3cc(C(C)C)c4c5c3N3c6c(cc(C(C)C)c(c61)O2)B1c2cc(C(C)C)ccc2Oc2c(C(C)C)cc(c3c21)B5c1cc(C(C)C)ccc1O4. The molecule has 6 aliphatic rings. The van der Waals surface area contributed by atoms with Gasteiger partial charge in [-0.05, 0) is 136 Å². The van der Waals surface area contributed by atoms with Crippen LogP contribution in [0.4, 0.5) is 17.1 Å². The van der Waals surface area contributed by atoms with E-state index in [2.05, 4.69) is 161 Å². The predicted octanol–water partition coefficient (Wildman–Crippen LogP) is 8.70. The lowest BCUT2D eigenvalue weighted by Crippen LogP contribution is -2.73. The maximum absolute atomic E-state index is 7.31. The molecule has 6 aromatic rings. The molecule has 0 aliphatic carbocycles. The molecular formula is C54H54B3NO3. The van der Waals surface area contributed by atoms with Gasteiger partial charge in [-0.25, -0.2) is 0 Å². The molecule has 6 heterocycles. The second-order valence-corrected chi connectivity index (χ2v) is 20.7. The number of rotatable bonds is 6. The molecule has 0 spiro atoms. The van der Waals surface area contributed by atoms with Crippen molar-refractivity contribution in [2.24, 2.45) is 0 Å². The van der Waals surface area contributed by atoms with Gasteiger partial charge in [-0.3, -0.25) is 0 Å². The topological polar surface area (TPSA) is 30.9 Å². The number of fused-ring (bicyclic) bond motifs is 9. The normalized spacial score (nSPS) is 15.0. The highest BCUT2D eigenvalue weighted by Crippen LogP contribution is 2.51. The van der Waals surface area contributed by atoms with Crippen LogP contribution in [0.1, 0.15) is 152 Å². The molecule has 0 bridgehead atoms.